The smallest absolute Gasteiger partial charge is 0.335 e. The highest BCUT2D eigenvalue weighted by Crippen LogP contribution is 2.24. The molecule has 7 heteroatoms. The Bertz CT molecular complexity index is 1160. The fourth-order valence-electron chi connectivity index (χ4n) is 2.84. The Labute approximate surface area is 204 Å². The molecule has 0 aliphatic heterocycles. The number of carbonyl (C=O) groups is 2. The average Bonchev–Trinajstić information content (AvgIpc) is 2.88. The third-order valence-electron chi connectivity index (χ3n) is 4.76. The molecule has 0 fully saturated rings. The van der Waals surface area contributed by atoms with Crippen molar-refractivity contribution in [1.82, 2.24) is 0 Å². The largest absolute Gasteiger partial charge is 0.497 e. The van der Waals surface area contributed by atoms with Crippen molar-refractivity contribution in [1.29, 1.82) is 0 Å². The Hall–Kier alpha value is -4.52. The number of benzene rings is 3. The molecule has 0 heterocycles. The highest BCUT2D eigenvalue weighted by Gasteiger charge is 2.04. The van der Waals surface area contributed by atoms with Gasteiger partial charge in [-0.1, -0.05) is 43.0 Å². The van der Waals surface area contributed by atoms with Gasteiger partial charge in [0.1, 0.15) is 17.2 Å². The highest BCUT2D eigenvalue weighted by atomic mass is 16.7. The minimum absolute atomic E-state index is 0.182. The summed E-state index contributed by atoms with van der Waals surface area (Å²) < 4.78 is 26.0. The van der Waals surface area contributed by atoms with E-state index in [0.717, 1.165) is 22.4 Å². The summed E-state index contributed by atoms with van der Waals surface area (Å²) in [5, 5.41) is 0. The molecule has 0 bridgehead atoms. The molecule has 0 unspecified atom stereocenters. The predicted octanol–water partition coefficient (Wildman–Crippen LogP) is 5.41. The van der Waals surface area contributed by atoms with Crippen LogP contribution in [0.15, 0.2) is 91.0 Å². The van der Waals surface area contributed by atoms with E-state index in [4.69, 9.17) is 23.7 Å². The number of hydrogen-bond acceptors (Lipinski definition) is 7. The number of ether oxygens (including phenoxy) is 5. The monoisotopic (exact) mass is 474 g/mol. The molecule has 0 N–H and O–H groups in total. The fraction of sp³-hybridized carbons (Fsp3) is 0.143. The van der Waals surface area contributed by atoms with Crippen LogP contribution in [0.25, 0.3) is 17.2 Å². The van der Waals surface area contributed by atoms with Crippen LogP contribution in [0, 0.1) is 0 Å². The summed E-state index contributed by atoms with van der Waals surface area (Å²) in [6.45, 7) is 4.70. The van der Waals surface area contributed by atoms with Crippen molar-refractivity contribution < 1.29 is 33.3 Å². The van der Waals surface area contributed by atoms with Gasteiger partial charge in [0.15, 0.2) is 0 Å². The third-order valence-corrected chi connectivity index (χ3v) is 4.76. The molecule has 0 aliphatic carbocycles. The summed E-state index contributed by atoms with van der Waals surface area (Å²) in [5.74, 6) is 0.887. The van der Waals surface area contributed by atoms with Crippen LogP contribution in [0.3, 0.4) is 0 Å². The number of esters is 2. The lowest BCUT2D eigenvalue weighted by Crippen LogP contribution is -2.10. The molecular weight excluding hydrogens is 448 g/mol. The van der Waals surface area contributed by atoms with Gasteiger partial charge >= 0.3 is 11.9 Å². The minimum Gasteiger partial charge on any atom is -0.497 e. The van der Waals surface area contributed by atoms with Crippen LogP contribution < -0.4 is 14.2 Å². The van der Waals surface area contributed by atoms with E-state index >= 15 is 0 Å². The third kappa shape index (κ3) is 8.08. The number of methoxy groups -OCH3 is 1. The second-order valence-corrected chi connectivity index (χ2v) is 7.36. The summed E-state index contributed by atoms with van der Waals surface area (Å²) in [6.07, 6.45) is 2.99. The van der Waals surface area contributed by atoms with Crippen LogP contribution in [0.1, 0.15) is 12.5 Å². The fourth-order valence-corrected chi connectivity index (χ4v) is 2.84. The van der Waals surface area contributed by atoms with Crippen molar-refractivity contribution in [2.75, 3.05) is 20.7 Å². The number of hydrogen-bond donors (Lipinski definition) is 0. The van der Waals surface area contributed by atoms with Crippen LogP contribution in [-0.2, 0) is 19.1 Å². The van der Waals surface area contributed by atoms with Crippen molar-refractivity contribution >= 4 is 18.0 Å². The molecule has 0 spiro atoms. The second-order valence-electron chi connectivity index (χ2n) is 7.36. The summed E-state index contributed by atoms with van der Waals surface area (Å²) in [7, 11) is 1.60. The Morgan fingerprint density at radius 2 is 1.23 bits per heavy atom. The van der Waals surface area contributed by atoms with Crippen molar-refractivity contribution in [3.05, 3.63) is 96.6 Å². The lowest BCUT2D eigenvalue weighted by molar-refractivity contribution is -0.145. The van der Waals surface area contributed by atoms with Crippen molar-refractivity contribution in [3.8, 4) is 28.4 Å². The summed E-state index contributed by atoms with van der Waals surface area (Å²) >= 11 is 0. The molecule has 180 valence electrons. The molecule has 0 saturated heterocycles. The molecule has 35 heavy (non-hydrogen) atoms. The van der Waals surface area contributed by atoms with E-state index in [1.165, 1.54) is 6.08 Å². The maximum atomic E-state index is 11.9. The first-order valence-electron chi connectivity index (χ1n) is 10.7. The molecule has 7 nitrogen and oxygen atoms in total. The standard InChI is InChI=1S/C28H26O7/c1-20(2)28(30)35-19-33-26-15-9-23(10-16-26)22-7-13-25(14-8-22)32-18-34-27(29)17-6-21-4-11-24(31-3)12-5-21/h4-17H,1,18-19H2,2-3H3. The highest BCUT2D eigenvalue weighted by molar-refractivity contribution is 5.87. The van der Waals surface area contributed by atoms with E-state index in [0.29, 0.717) is 17.1 Å². The van der Waals surface area contributed by atoms with Crippen LogP contribution in [0.4, 0.5) is 0 Å². The molecular formula is C28H26O7. The van der Waals surface area contributed by atoms with Crippen LogP contribution >= 0.6 is 0 Å². The van der Waals surface area contributed by atoms with Gasteiger partial charge < -0.3 is 23.7 Å². The zero-order valence-electron chi connectivity index (χ0n) is 19.6. The summed E-state index contributed by atoms with van der Waals surface area (Å²) in [5.41, 5.74) is 3.11. The Morgan fingerprint density at radius 3 is 1.71 bits per heavy atom. The predicted molar refractivity (Wildman–Crippen MR) is 132 cm³/mol. The van der Waals surface area contributed by atoms with Crippen LogP contribution in [0.5, 0.6) is 17.2 Å². The SMILES string of the molecule is C=C(C)C(=O)OCOc1ccc(-c2ccc(OCOC(=O)C=Cc3ccc(OC)cc3)cc2)cc1. The van der Waals surface area contributed by atoms with Gasteiger partial charge in [0, 0.05) is 11.6 Å². The zero-order chi connectivity index (χ0) is 25.0. The van der Waals surface area contributed by atoms with E-state index in [2.05, 4.69) is 6.58 Å². The quantitative estimate of drug-likeness (QED) is 0.209. The van der Waals surface area contributed by atoms with E-state index in [1.807, 2.05) is 48.5 Å². The first kappa shape index (κ1) is 25.1. The maximum absolute atomic E-state index is 11.9. The van der Waals surface area contributed by atoms with Gasteiger partial charge in [-0.05, 0) is 66.1 Å². The lowest BCUT2D eigenvalue weighted by atomic mass is 10.1. The van der Waals surface area contributed by atoms with E-state index in [-0.39, 0.29) is 13.6 Å². The van der Waals surface area contributed by atoms with Crippen LogP contribution in [-0.4, -0.2) is 32.6 Å². The first-order valence-corrected chi connectivity index (χ1v) is 10.7. The summed E-state index contributed by atoms with van der Waals surface area (Å²) in [4.78, 5) is 23.2. The Morgan fingerprint density at radius 1 is 0.743 bits per heavy atom. The van der Waals surface area contributed by atoms with Crippen LogP contribution in [0.2, 0.25) is 0 Å². The van der Waals surface area contributed by atoms with E-state index in [9.17, 15) is 9.59 Å². The molecule has 3 aromatic carbocycles. The Balaban J connectivity index is 1.43. The Kier molecular flexibility index (Phi) is 9.07. The van der Waals surface area contributed by atoms with Crippen molar-refractivity contribution in [2.24, 2.45) is 0 Å². The van der Waals surface area contributed by atoms with Gasteiger partial charge in [-0.15, -0.1) is 0 Å². The zero-order valence-corrected chi connectivity index (χ0v) is 19.6. The second kappa shape index (κ2) is 12.6. The molecule has 0 radical (unpaired) electrons. The molecule has 0 aliphatic rings. The normalized spacial score (nSPS) is 10.5. The van der Waals surface area contributed by atoms with Crippen molar-refractivity contribution in [3.63, 3.8) is 0 Å². The molecule has 0 amide bonds. The van der Waals surface area contributed by atoms with E-state index in [1.54, 1.807) is 44.4 Å². The number of carbonyl (C=O) groups excluding carboxylic acids is 2. The molecule has 3 aromatic rings. The van der Waals surface area contributed by atoms with Crippen molar-refractivity contribution in [2.45, 2.75) is 6.92 Å². The van der Waals surface area contributed by atoms with Gasteiger partial charge in [0.05, 0.1) is 7.11 Å². The first-order chi connectivity index (χ1) is 16.9. The van der Waals surface area contributed by atoms with Gasteiger partial charge in [-0.2, -0.15) is 0 Å². The van der Waals surface area contributed by atoms with Gasteiger partial charge in [-0.3, -0.25) is 0 Å². The maximum Gasteiger partial charge on any atom is 0.335 e. The minimum atomic E-state index is -0.505. The van der Waals surface area contributed by atoms with Gasteiger partial charge in [-0.25, -0.2) is 9.59 Å². The summed E-state index contributed by atoms with van der Waals surface area (Å²) in [6, 6.07) is 22.0. The average molecular weight is 475 g/mol. The van der Waals surface area contributed by atoms with Gasteiger partial charge in [0.25, 0.3) is 0 Å². The molecule has 0 saturated carbocycles. The molecule has 3 rings (SSSR count). The molecule has 0 aromatic heterocycles. The topological polar surface area (TPSA) is 80.3 Å². The lowest BCUT2D eigenvalue weighted by Gasteiger charge is -2.09. The van der Waals surface area contributed by atoms with Gasteiger partial charge in [0.2, 0.25) is 13.6 Å². The van der Waals surface area contributed by atoms with E-state index < -0.39 is 11.9 Å². The molecule has 0 atom stereocenters. The number of rotatable bonds is 11.